The van der Waals surface area contributed by atoms with Crippen LogP contribution in [0.4, 0.5) is 43.9 Å². The Morgan fingerprint density at radius 1 is 1.06 bits per heavy atom. The summed E-state index contributed by atoms with van der Waals surface area (Å²) in [6.07, 6.45) is -8.53. The highest BCUT2D eigenvalue weighted by Gasteiger charge is 2.31. The van der Waals surface area contributed by atoms with Crippen LogP contribution in [0.25, 0.3) is 0 Å². The minimum atomic E-state index is -4.67. The molecule has 194 valence electrons. The van der Waals surface area contributed by atoms with E-state index in [1.165, 1.54) is 17.3 Å². The molecule has 0 atom stereocenters. The lowest BCUT2D eigenvalue weighted by Gasteiger charge is -2.31. The Morgan fingerprint density at radius 2 is 1.71 bits per heavy atom. The van der Waals surface area contributed by atoms with E-state index in [0.29, 0.717) is 12.8 Å². The van der Waals surface area contributed by atoms with Gasteiger partial charge in [-0.05, 0) is 38.0 Å². The summed E-state index contributed by atoms with van der Waals surface area (Å²) in [7, 11) is -3.35. The summed E-state index contributed by atoms with van der Waals surface area (Å²) in [6.45, 7) is 0.302. The first-order valence-electron chi connectivity index (χ1n) is 10.4. The smallest absolute Gasteiger partial charge is 0.422 e. The van der Waals surface area contributed by atoms with Crippen molar-refractivity contribution in [2.75, 3.05) is 36.1 Å². The molecule has 0 aliphatic carbocycles. The molecule has 0 bridgehead atoms. The number of alkyl halides is 6. The number of nitrogens with zero attached hydrogens (tertiary/aromatic N) is 4. The van der Waals surface area contributed by atoms with Gasteiger partial charge in [0.1, 0.15) is 0 Å². The van der Waals surface area contributed by atoms with Gasteiger partial charge in [-0.2, -0.15) is 41.3 Å². The van der Waals surface area contributed by atoms with Crippen LogP contribution in [-0.4, -0.2) is 65.3 Å². The molecule has 0 spiro atoms. The Balaban J connectivity index is 1.79. The molecule has 3 rings (SSSR count). The van der Waals surface area contributed by atoms with Crippen LogP contribution in [0.2, 0.25) is 0 Å². The molecule has 1 saturated heterocycles. The van der Waals surface area contributed by atoms with Crippen LogP contribution in [0.3, 0.4) is 0 Å². The van der Waals surface area contributed by atoms with Gasteiger partial charge in [0.15, 0.2) is 6.61 Å². The van der Waals surface area contributed by atoms with Gasteiger partial charge in [-0.15, -0.1) is 0 Å². The van der Waals surface area contributed by atoms with Crippen molar-refractivity contribution < 1.29 is 39.5 Å². The molecule has 0 saturated carbocycles. The molecule has 1 fully saturated rings. The van der Waals surface area contributed by atoms with Crippen LogP contribution in [0.1, 0.15) is 25.3 Å². The largest absolute Gasteiger partial charge is 0.454 e. The third kappa shape index (κ3) is 7.81. The number of rotatable bonds is 8. The van der Waals surface area contributed by atoms with E-state index in [4.69, 9.17) is 0 Å². The summed E-state index contributed by atoms with van der Waals surface area (Å²) in [6, 6.07) is 3.08. The maximum Gasteiger partial charge on any atom is 0.422 e. The minimum absolute atomic E-state index is 0.0387. The number of hydrogen-bond acceptors (Lipinski definition) is 8. The number of nitrogens with one attached hydrogen (secondary N) is 2. The first-order valence-corrected chi connectivity index (χ1v) is 12.0. The normalized spacial score (nSPS) is 16.2. The van der Waals surface area contributed by atoms with E-state index in [0.717, 1.165) is 18.2 Å². The van der Waals surface area contributed by atoms with Crippen LogP contribution in [0, 0.1) is 0 Å². The minimum Gasteiger partial charge on any atom is -0.454 e. The molecule has 2 N–H and O–H groups in total. The summed E-state index contributed by atoms with van der Waals surface area (Å²) >= 11 is 0. The summed E-state index contributed by atoms with van der Waals surface area (Å²) in [5.74, 6) is -0.559. The van der Waals surface area contributed by atoms with Gasteiger partial charge in [0, 0.05) is 24.8 Å². The lowest BCUT2D eigenvalue weighted by Crippen LogP contribution is -2.43. The number of ether oxygens (including phenoxy) is 1. The van der Waals surface area contributed by atoms with E-state index in [-0.39, 0.29) is 42.5 Å². The van der Waals surface area contributed by atoms with Gasteiger partial charge in [0.05, 0.1) is 11.3 Å². The molecule has 1 aliphatic heterocycles. The summed E-state index contributed by atoms with van der Waals surface area (Å²) < 4.78 is 107. The van der Waals surface area contributed by atoms with Gasteiger partial charge < -0.3 is 15.4 Å². The van der Waals surface area contributed by atoms with E-state index < -0.39 is 40.6 Å². The van der Waals surface area contributed by atoms with Crippen LogP contribution >= 0.6 is 0 Å². The average molecular weight is 528 g/mol. The highest BCUT2D eigenvalue weighted by molar-refractivity contribution is 7.89. The van der Waals surface area contributed by atoms with Gasteiger partial charge >= 0.3 is 18.4 Å². The Hall–Kier alpha value is -2.88. The Labute approximate surface area is 197 Å². The van der Waals surface area contributed by atoms with Crippen molar-refractivity contribution >= 4 is 27.6 Å². The van der Waals surface area contributed by atoms with E-state index in [9.17, 15) is 34.8 Å². The maximum atomic E-state index is 13.0. The molecule has 2 heterocycles. The van der Waals surface area contributed by atoms with Gasteiger partial charge in [0.2, 0.25) is 21.9 Å². The fourth-order valence-corrected chi connectivity index (χ4v) is 4.37. The second-order valence-corrected chi connectivity index (χ2v) is 9.85. The Kier molecular flexibility index (Phi) is 7.93. The number of anilines is 3. The van der Waals surface area contributed by atoms with Crippen LogP contribution in [-0.2, 0) is 16.2 Å². The SMILES string of the molecule is CCS(=O)(=O)N1CCC(Nc2nc(Nc3cccc(C(F)(F)F)c3)nc(OCC(F)(F)F)n2)CC1. The summed E-state index contributed by atoms with van der Waals surface area (Å²) in [5, 5.41) is 5.42. The van der Waals surface area contributed by atoms with Gasteiger partial charge in [0.25, 0.3) is 0 Å². The lowest BCUT2D eigenvalue weighted by molar-refractivity contribution is -0.154. The number of halogens is 6. The predicted molar refractivity (Wildman–Crippen MR) is 114 cm³/mol. The van der Waals surface area contributed by atoms with Crippen molar-refractivity contribution in [2.45, 2.75) is 38.2 Å². The quantitative estimate of drug-likeness (QED) is 0.498. The van der Waals surface area contributed by atoms with E-state index in [1.807, 2.05) is 0 Å². The number of sulfonamides is 1. The second kappa shape index (κ2) is 10.4. The number of aromatic nitrogens is 3. The highest BCUT2D eigenvalue weighted by atomic mass is 32.2. The van der Waals surface area contributed by atoms with Crippen molar-refractivity contribution in [1.82, 2.24) is 19.3 Å². The third-order valence-electron chi connectivity index (χ3n) is 4.97. The van der Waals surface area contributed by atoms with Crippen molar-refractivity contribution in [1.29, 1.82) is 0 Å². The van der Waals surface area contributed by atoms with Crippen LogP contribution in [0.5, 0.6) is 6.01 Å². The van der Waals surface area contributed by atoms with Crippen molar-refractivity contribution in [3.8, 4) is 6.01 Å². The number of piperidine rings is 1. The standard InChI is InChI=1S/C19H22F6N6O3S/c1-2-35(32,33)31-8-6-13(7-9-31)26-15-28-16(30-17(29-15)34-11-18(20,21)22)27-14-5-3-4-12(10-14)19(23,24)25/h3-5,10,13H,2,6-9,11H2,1H3,(H2,26,27,28,29,30). The topological polar surface area (TPSA) is 109 Å². The van der Waals surface area contributed by atoms with Crippen molar-refractivity contribution in [2.24, 2.45) is 0 Å². The number of benzene rings is 1. The zero-order valence-electron chi connectivity index (χ0n) is 18.3. The van der Waals surface area contributed by atoms with E-state index in [2.05, 4.69) is 30.3 Å². The van der Waals surface area contributed by atoms with Crippen molar-refractivity contribution in [3.63, 3.8) is 0 Å². The molecule has 1 aliphatic rings. The van der Waals surface area contributed by atoms with Crippen LogP contribution < -0.4 is 15.4 Å². The fraction of sp³-hybridized carbons (Fsp3) is 0.526. The molecular weight excluding hydrogens is 506 g/mol. The molecule has 9 nitrogen and oxygen atoms in total. The van der Waals surface area contributed by atoms with E-state index in [1.54, 1.807) is 0 Å². The van der Waals surface area contributed by atoms with Gasteiger partial charge in [-0.3, -0.25) is 0 Å². The molecule has 35 heavy (non-hydrogen) atoms. The van der Waals surface area contributed by atoms with E-state index >= 15 is 0 Å². The Bertz CT molecular complexity index is 1120. The number of hydrogen-bond donors (Lipinski definition) is 2. The summed E-state index contributed by atoms with van der Waals surface area (Å²) in [4.78, 5) is 11.5. The first kappa shape index (κ1) is 26.7. The predicted octanol–water partition coefficient (Wildman–Crippen LogP) is 3.80. The monoisotopic (exact) mass is 528 g/mol. The molecule has 16 heteroatoms. The Morgan fingerprint density at radius 3 is 2.31 bits per heavy atom. The molecule has 0 unspecified atom stereocenters. The third-order valence-corrected chi connectivity index (χ3v) is 6.85. The molecule has 2 aromatic rings. The van der Waals surface area contributed by atoms with Gasteiger partial charge in [-0.1, -0.05) is 6.07 Å². The molecule has 1 aromatic heterocycles. The zero-order valence-corrected chi connectivity index (χ0v) is 19.1. The van der Waals surface area contributed by atoms with Crippen LogP contribution in [0.15, 0.2) is 24.3 Å². The molecule has 0 amide bonds. The van der Waals surface area contributed by atoms with Crippen molar-refractivity contribution in [3.05, 3.63) is 29.8 Å². The molecule has 1 aromatic carbocycles. The maximum absolute atomic E-state index is 13.0. The second-order valence-electron chi connectivity index (χ2n) is 7.59. The first-order chi connectivity index (χ1) is 16.2. The lowest BCUT2D eigenvalue weighted by atomic mass is 10.1. The average Bonchev–Trinajstić information content (AvgIpc) is 2.77. The summed E-state index contributed by atoms with van der Waals surface area (Å²) in [5.41, 5.74) is -1.01. The zero-order chi connectivity index (χ0) is 25.9. The molecular formula is C19H22F6N6O3S. The highest BCUT2D eigenvalue weighted by Crippen LogP contribution is 2.31. The fourth-order valence-electron chi connectivity index (χ4n) is 3.23. The molecule has 0 radical (unpaired) electrons. The van der Waals surface area contributed by atoms with Gasteiger partial charge in [-0.25, -0.2) is 12.7 Å².